The molecule has 0 spiro atoms. The van der Waals surface area contributed by atoms with Crippen LogP contribution >= 0.6 is 15.9 Å². The van der Waals surface area contributed by atoms with E-state index < -0.39 is 0 Å². The van der Waals surface area contributed by atoms with Gasteiger partial charge in [-0.05, 0) is 30.7 Å². The molecule has 1 aromatic carbocycles. The van der Waals surface area contributed by atoms with Crippen molar-refractivity contribution in [3.63, 3.8) is 0 Å². The number of H-pyrrole nitrogens is 1. The number of aromatic amines is 1. The van der Waals surface area contributed by atoms with Crippen molar-refractivity contribution in [2.24, 2.45) is 0 Å². The molecule has 2 aromatic rings. The van der Waals surface area contributed by atoms with Crippen LogP contribution in [0.15, 0.2) is 22.7 Å². The second kappa shape index (κ2) is 3.00. The third-order valence-electron chi connectivity index (χ3n) is 2.05. The fraction of sp³-hybridized carbons (Fsp3) is 0.100. The van der Waals surface area contributed by atoms with Gasteiger partial charge in [0.15, 0.2) is 6.29 Å². The van der Waals surface area contributed by atoms with E-state index in [2.05, 4.69) is 20.9 Å². The number of hydrogen-bond donors (Lipinski definition) is 1. The van der Waals surface area contributed by atoms with Crippen molar-refractivity contribution < 1.29 is 4.79 Å². The van der Waals surface area contributed by atoms with Crippen molar-refractivity contribution in [3.8, 4) is 0 Å². The summed E-state index contributed by atoms with van der Waals surface area (Å²) in [7, 11) is 0. The highest BCUT2D eigenvalue weighted by atomic mass is 79.9. The van der Waals surface area contributed by atoms with Gasteiger partial charge < -0.3 is 4.98 Å². The second-order valence-corrected chi connectivity index (χ2v) is 3.89. The molecule has 1 heterocycles. The molecule has 13 heavy (non-hydrogen) atoms. The van der Waals surface area contributed by atoms with Crippen molar-refractivity contribution in [3.05, 3.63) is 33.9 Å². The number of aromatic nitrogens is 1. The average molecular weight is 238 g/mol. The maximum absolute atomic E-state index is 10.5. The van der Waals surface area contributed by atoms with Crippen LogP contribution in [0.25, 0.3) is 10.9 Å². The Morgan fingerprint density at radius 2 is 2.15 bits per heavy atom. The quantitative estimate of drug-likeness (QED) is 0.761. The van der Waals surface area contributed by atoms with Crippen LogP contribution in [0, 0.1) is 6.92 Å². The third-order valence-corrected chi connectivity index (χ3v) is 2.90. The van der Waals surface area contributed by atoms with Crippen molar-refractivity contribution in [2.75, 3.05) is 0 Å². The van der Waals surface area contributed by atoms with Crippen LogP contribution in [0.2, 0.25) is 0 Å². The number of carbonyl (C=O) groups is 1. The zero-order valence-corrected chi connectivity index (χ0v) is 8.68. The van der Waals surface area contributed by atoms with Crippen LogP contribution in [0.3, 0.4) is 0 Å². The van der Waals surface area contributed by atoms with Gasteiger partial charge in [0.25, 0.3) is 0 Å². The zero-order chi connectivity index (χ0) is 9.42. The Kier molecular flexibility index (Phi) is 1.96. The van der Waals surface area contributed by atoms with Crippen molar-refractivity contribution in [1.29, 1.82) is 0 Å². The standard InChI is InChI=1S/C10H8BrNO/c1-6-2-10-7(4-9(6)11)3-8(5-13)12-10/h2-5,12H,1H3. The summed E-state index contributed by atoms with van der Waals surface area (Å²) in [6.07, 6.45) is 0.823. The van der Waals surface area contributed by atoms with E-state index >= 15 is 0 Å². The van der Waals surface area contributed by atoms with Gasteiger partial charge in [-0.25, -0.2) is 0 Å². The number of hydrogen-bond acceptors (Lipinski definition) is 1. The molecule has 0 saturated heterocycles. The summed E-state index contributed by atoms with van der Waals surface area (Å²) in [5.74, 6) is 0. The van der Waals surface area contributed by atoms with Gasteiger partial charge in [-0.1, -0.05) is 15.9 Å². The number of carbonyl (C=O) groups excluding carboxylic acids is 1. The van der Waals surface area contributed by atoms with Gasteiger partial charge in [-0.3, -0.25) is 4.79 Å². The van der Waals surface area contributed by atoms with Crippen molar-refractivity contribution in [2.45, 2.75) is 6.92 Å². The Hall–Kier alpha value is -1.09. The predicted octanol–water partition coefficient (Wildman–Crippen LogP) is 3.05. The number of rotatable bonds is 1. The number of fused-ring (bicyclic) bond motifs is 1. The van der Waals surface area contributed by atoms with Crippen molar-refractivity contribution >= 4 is 33.1 Å². The van der Waals surface area contributed by atoms with E-state index in [1.54, 1.807) is 0 Å². The first kappa shape index (κ1) is 8.51. The molecule has 0 saturated carbocycles. The highest BCUT2D eigenvalue weighted by Gasteiger charge is 2.02. The molecule has 0 radical (unpaired) electrons. The molecule has 2 nitrogen and oxygen atoms in total. The maximum atomic E-state index is 10.5. The Balaban J connectivity index is 2.77. The summed E-state index contributed by atoms with van der Waals surface area (Å²) >= 11 is 3.45. The highest BCUT2D eigenvalue weighted by molar-refractivity contribution is 9.10. The molecule has 0 atom stereocenters. The van der Waals surface area contributed by atoms with E-state index in [0.29, 0.717) is 5.69 Å². The largest absolute Gasteiger partial charge is 0.352 e. The molecule has 3 heteroatoms. The van der Waals surface area contributed by atoms with Crippen LogP contribution in [-0.2, 0) is 0 Å². The first-order valence-electron chi connectivity index (χ1n) is 3.95. The average Bonchev–Trinajstić information content (AvgIpc) is 2.48. The molecular formula is C10H8BrNO. The molecule has 66 valence electrons. The van der Waals surface area contributed by atoms with Crippen LogP contribution in [0.4, 0.5) is 0 Å². The fourth-order valence-electron chi connectivity index (χ4n) is 1.35. The van der Waals surface area contributed by atoms with Gasteiger partial charge in [0.1, 0.15) is 0 Å². The lowest BCUT2D eigenvalue weighted by atomic mass is 10.2. The molecule has 0 bridgehead atoms. The summed E-state index contributed by atoms with van der Waals surface area (Å²) < 4.78 is 1.07. The lowest BCUT2D eigenvalue weighted by Crippen LogP contribution is -1.76. The molecule has 1 N–H and O–H groups in total. The van der Waals surface area contributed by atoms with Gasteiger partial charge >= 0.3 is 0 Å². The molecule has 0 fully saturated rings. The van der Waals surface area contributed by atoms with Crippen LogP contribution < -0.4 is 0 Å². The molecule has 0 aliphatic carbocycles. The summed E-state index contributed by atoms with van der Waals surface area (Å²) in [6, 6.07) is 5.87. The molecule has 1 aromatic heterocycles. The van der Waals surface area contributed by atoms with Gasteiger partial charge in [-0.15, -0.1) is 0 Å². The number of benzene rings is 1. The van der Waals surface area contributed by atoms with E-state index in [0.717, 1.165) is 27.2 Å². The van der Waals surface area contributed by atoms with Crippen LogP contribution in [0.1, 0.15) is 16.1 Å². The van der Waals surface area contributed by atoms with E-state index in [9.17, 15) is 4.79 Å². The molecule has 0 aliphatic rings. The SMILES string of the molecule is Cc1cc2[nH]c(C=O)cc2cc1Br. The Morgan fingerprint density at radius 3 is 2.85 bits per heavy atom. The topological polar surface area (TPSA) is 32.9 Å². The summed E-state index contributed by atoms with van der Waals surface area (Å²) in [4.78, 5) is 13.5. The number of halogens is 1. The minimum absolute atomic E-state index is 0.618. The van der Waals surface area contributed by atoms with Crippen molar-refractivity contribution in [1.82, 2.24) is 4.98 Å². The fourth-order valence-corrected chi connectivity index (χ4v) is 1.71. The summed E-state index contributed by atoms with van der Waals surface area (Å²) in [6.45, 7) is 2.02. The highest BCUT2D eigenvalue weighted by Crippen LogP contribution is 2.23. The number of aryl methyl sites for hydroxylation is 1. The number of aldehydes is 1. The Labute approximate surface area is 84.1 Å². The first-order valence-corrected chi connectivity index (χ1v) is 4.74. The first-order chi connectivity index (χ1) is 6.20. The monoisotopic (exact) mass is 237 g/mol. The van der Waals surface area contributed by atoms with E-state index in [4.69, 9.17) is 0 Å². The van der Waals surface area contributed by atoms with Gasteiger partial charge in [0.2, 0.25) is 0 Å². The van der Waals surface area contributed by atoms with Crippen LogP contribution in [-0.4, -0.2) is 11.3 Å². The van der Waals surface area contributed by atoms with E-state index in [1.165, 1.54) is 0 Å². The van der Waals surface area contributed by atoms with Gasteiger partial charge in [-0.2, -0.15) is 0 Å². The van der Waals surface area contributed by atoms with Gasteiger partial charge in [0, 0.05) is 15.4 Å². The minimum Gasteiger partial charge on any atom is -0.352 e. The van der Waals surface area contributed by atoms with E-state index in [-0.39, 0.29) is 0 Å². The Bertz CT molecular complexity index is 434. The summed E-state index contributed by atoms with van der Waals surface area (Å²) in [5, 5.41) is 1.06. The molecule has 0 aliphatic heterocycles. The predicted molar refractivity (Wildman–Crippen MR) is 56.1 cm³/mol. The smallest absolute Gasteiger partial charge is 0.166 e. The maximum Gasteiger partial charge on any atom is 0.166 e. The Morgan fingerprint density at radius 1 is 1.38 bits per heavy atom. The second-order valence-electron chi connectivity index (χ2n) is 3.03. The van der Waals surface area contributed by atoms with Crippen LogP contribution in [0.5, 0.6) is 0 Å². The normalized spacial score (nSPS) is 10.6. The zero-order valence-electron chi connectivity index (χ0n) is 7.10. The lowest BCUT2D eigenvalue weighted by Gasteiger charge is -1.96. The lowest BCUT2D eigenvalue weighted by molar-refractivity contribution is 0.112. The number of nitrogens with one attached hydrogen (secondary N) is 1. The summed E-state index contributed by atoms with van der Waals surface area (Å²) in [5.41, 5.74) is 2.78. The molecule has 2 rings (SSSR count). The minimum atomic E-state index is 0.618. The molecule has 0 unspecified atom stereocenters. The van der Waals surface area contributed by atoms with Gasteiger partial charge in [0.05, 0.1) is 5.69 Å². The van der Waals surface area contributed by atoms with E-state index in [1.807, 2.05) is 25.1 Å². The third kappa shape index (κ3) is 1.40. The molecule has 0 amide bonds. The molecular weight excluding hydrogens is 230 g/mol.